The molecule has 6 N–H and O–H groups in total. The summed E-state index contributed by atoms with van der Waals surface area (Å²) in [5.41, 5.74) is 1.30. The Bertz CT molecular complexity index is 702. The number of anilines is 1. The molecule has 0 fully saturated rings. The third-order valence-corrected chi connectivity index (χ3v) is 3.51. The minimum Gasteiger partial charge on any atom is -0.481 e. The molecule has 27 heavy (non-hydrogen) atoms. The fraction of sp³-hybridized carbons (Fsp3) is 0.353. The van der Waals surface area contributed by atoms with Crippen molar-refractivity contribution in [2.75, 3.05) is 5.32 Å². The molecule has 0 aliphatic heterocycles. The molecule has 0 heterocycles. The molecule has 0 aromatic heterocycles. The molecule has 10 heteroatoms. The van der Waals surface area contributed by atoms with Gasteiger partial charge in [0.15, 0.2) is 0 Å². The topological polar surface area (TPSA) is 171 Å². The van der Waals surface area contributed by atoms with Gasteiger partial charge in [-0.15, -0.1) is 0 Å². The lowest BCUT2D eigenvalue weighted by molar-refractivity contribution is -0.142. The van der Waals surface area contributed by atoms with E-state index in [2.05, 4.69) is 15.7 Å². The van der Waals surface area contributed by atoms with Crippen molar-refractivity contribution in [2.45, 2.75) is 38.1 Å². The number of carboxylic acid groups (broad SMARTS) is 2. The number of carbonyl (C=O) groups is 4. The third-order valence-electron chi connectivity index (χ3n) is 3.51. The SMILES string of the molecule is NN=Cc1ccc(NC(=O)CCC(=O)NC(CCCC(=O)O)C(=O)O)cc1. The second-order valence-electron chi connectivity index (χ2n) is 5.69. The first-order chi connectivity index (χ1) is 12.8. The number of benzene rings is 1. The fourth-order valence-electron chi connectivity index (χ4n) is 2.17. The van der Waals surface area contributed by atoms with E-state index in [-0.39, 0.29) is 32.1 Å². The average molecular weight is 378 g/mol. The summed E-state index contributed by atoms with van der Waals surface area (Å²) in [7, 11) is 0. The van der Waals surface area contributed by atoms with Gasteiger partial charge < -0.3 is 26.7 Å². The van der Waals surface area contributed by atoms with Gasteiger partial charge in [-0.3, -0.25) is 14.4 Å². The normalized spacial score (nSPS) is 11.7. The monoisotopic (exact) mass is 378 g/mol. The van der Waals surface area contributed by atoms with Gasteiger partial charge >= 0.3 is 11.9 Å². The molecule has 0 saturated carbocycles. The van der Waals surface area contributed by atoms with Crippen molar-refractivity contribution in [1.29, 1.82) is 0 Å². The highest BCUT2D eigenvalue weighted by Gasteiger charge is 2.20. The smallest absolute Gasteiger partial charge is 0.326 e. The van der Waals surface area contributed by atoms with Gasteiger partial charge in [-0.1, -0.05) is 12.1 Å². The molecule has 1 atom stereocenters. The molecule has 0 aliphatic carbocycles. The van der Waals surface area contributed by atoms with E-state index < -0.39 is 29.8 Å². The molecule has 10 nitrogen and oxygen atoms in total. The molecule has 1 rings (SSSR count). The minimum atomic E-state index is -1.25. The van der Waals surface area contributed by atoms with Crippen molar-refractivity contribution in [1.82, 2.24) is 5.32 Å². The average Bonchev–Trinajstić information content (AvgIpc) is 2.60. The predicted octanol–water partition coefficient (Wildman–Crippen LogP) is 0.522. The number of carbonyl (C=O) groups excluding carboxylic acids is 2. The van der Waals surface area contributed by atoms with Gasteiger partial charge in [-0.25, -0.2) is 4.79 Å². The molecule has 1 aromatic carbocycles. The van der Waals surface area contributed by atoms with Crippen molar-refractivity contribution in [3.05, 3.63) is 29.8 Å². The molecule has 0 radical (unpaired) electrons. The summed E-state index contributed by atoms with van der Waals surface area (Å²) in [5.74, 6) is 1.76. The Labute approximate surface area is 155 Å². The number of aliphatic carboxylic acids is 2. The van der Waals surface area contributed by atoms with Crippen LogP contribution in [0.15, 0.2) is 29.4 Å². The fourth-order valence-corrected chi connectivity index (χ4v) is 2.17. The van der Waals surface area contributed by atoms with E-state index in [4.69, 9.17) is 16.1 Å². The van der Waals surface area contributed by atoms with E-state index in [1.807, 2.05) is 0 Å². The molecular formula is C17H22N4O6. The van der Waals surface area contributed by atoms with Gasteiger partial charge in [0.05, 0.1) is 6.21 Å². The summed E-state index contributed by atoms with van der Waals surface area (Å²) >= 11 is 0. The standard InChI is InChI=1S/C17H22N4O6/c18-19-10-11-4-6-12(7-5-11)20-14(22)8-9-15(23)21-13(17(26)27)2-1-3-16(24)25/h4-7,10,13H,1-3,8-9,18H2,(H,20,22)(H,21,23)(H,24,25)(H,26,27). The van der Waals surface area contributed by atoms with Crippen molar-refractivity contribution < 1.29 is 29.4 Å². The number of nitrogens with two attached hydrogens (primary N) is 1. The van der Waals surface area contributed by atoms with Gasteiger partial charge in [0.25, 0.3) is 0 Å². The summed E-state index contributed by atoms with van der Waals surface area (Å²) < 4.78 is 0. The maximum absolute atomic E-state index is 11.9. The maximum atomic E-state index is 11.9. The number of amides is 2. The first kappa shape index (κ1) is 21.6. The van der Waals surface area contributed by atoms with Crippen molar-refractivity contribution >= 4 is 35.7 Å². The number of rotatable bonds is 11. The van der Waals surface area contributed by atoms with Crippen LogP contribution >= 0.6 is 0 Å². The zero-order valence-electron chi connectivity index (χ0n) is 14.6. The van der Waals surface area contributed by atoms with E-state index in [0.29, 0.717) is 5.69 Å². The Kier molecular flexibility index (Phi) is 8.99. The van der Waals surface area contributed by atoms with Crippen LogP contribution in [0.5, 0.6) is 0 Å². The van der Waals surface area contributed by atoms with Crippen LogP contribution < -0.4 is 16.5 Å². The Hall–Kier alpha value is -3.43. The number of hydrogen-bond donors (Lipinski definition) is 5. The molecular weight excluding hydrogens is 356 g/mol. The molecule has 2 amide bonds. The molecule has 0 saturated heterocycles. The van der Waals surface area contributed by atoms with Gasteiger partial charge in [0, 0.05) is 24.9 Å². The number of carboxylic acids is 2. The first-order valence-corrected chi connectivity index (χ1v) is 8.19. The zero-order valence-corrected chi connectivity index (χ0v) is 14.6. The lowest BCUT2D eigenvalue weighted by Gasteiger charge is -2.14. The predicted molar refractivity (Wildman–Crippen MR) is 97.1 cm³/mol. The van der Waals surface area contributed by atoms with Crippen molar-refractivity contribution in [3.63, 3.8) is 0 Å². The van der Waals surface area contributed by atoms with Gasteiger partial charge in [0.1, 0.15) is 6.04 Å². The maximum Gasteiger partial charge on any atom is 0.326 e. The van der Waals surface area contributed by atoms with Gasteiger partial charge in [-0.05, 0) is 30.5 Å². The number of nitrogens with one attached hydrogen (secondary N) is 2. The molecule has 0 spiro atoms. The third kappa shape index (κ3) is 9.00. The van der Waals surface area contributed by atoms with Crippen molar-refractivity contribution in [2.24, 2.45) is 10.9 Å². The van der Waals surface area contributed by atoms with Crippen LogP contribution in [0.1, 0.15) is 37.7 Å². The number of hydrogen-bond acceptors (Lipinski definition) is 6. The molecule has 0 bridgehead atoms. The molecule has 1 unspecified atom stereocenters. The van der Waals surface area contributed by atoms with E-state index in [1.54, 1.807) is 24.3 Å². The summed E-state index contributed by atoms with van der Waals surface area (Å²) in [4.78, 5) is 45.3. The molecule has 0 aliphatic rings. The van der Waals surface area contributed by atoms with E-state index >= 15 is 0 Å². The van der Waals surface area contributed by atoms with E-state index in [1.165, 1.54) is 6.21 Å². The van der Waals surface area contributed by atoms with E-state index in [9.17, 15) is 19.2 Å². The Morgan fingerprint density at radius 1 is 1.04 bits per heavy atom. The lowest BCUT2D eigenvalue weighted by atomic mass is 10.1. The quantitative estimate of drug-likeness (QED) is 0.212. The number of nitrogens with zero attached hydrogens (tertiary/aromatic N) is 1. The minimum absolute atomic E-state index is 0.00196. The van der Waals surface area contributed by atoms with Crippen LogP contribution in [0, 0.1) is 0 Å². The molecule has 1 aromatic rings. The first-order valence-electron chi connectivity index (χ1n) is 8.19. The van der Waals surface area contributed by atoms with Crippen LogP contribution in [0.2, 0.25) is 0 Å². The van der Waals surface area contributed by atoms with Crippen LogP contribution in [-0.2, 0) is 19.2 Å². The summed E-state index contributed by atoms with van der Waals surface area (Å²) in [6.45, 7) is 0. The lowest BCUT2D eigenvalue weighted by Crippen LogP contribution is -2.41. The largest absolute Gasteiger partial charge is 0.481 e. The highest BCUT2D eigenvalue weighted by atomic mass is 16.4. The van der Waals surface area contributed by atoms with Gasteiger partial charge in [0.2, 0.25) is 11.8 Å². The Morgan fingerprint density at radius 2 is 1.67 bits per heavy atom. The van der Waals surface area contributed by atoms with Crippen LogP contribution in [0.25, 0.3) is 0 Å². The Morgan fingerprint density at radius 3 is 2.22 bits per heavy atom. The summed E-state index contributed by atoms with van der Waals surface area (Å²) in [5, 5.41) is 25.9. The van der Waals surface area contributed by atoms with Crippen LogP contribution in [-0.4, -0.2) is 46.2 Å². The second-order valence-corrected chi connectivity index (χ2v) is 5.69. The number of hydrazone groups is 1. The summed E-state index contributed by atoms with van der Waals surface area (Å²) in [6.07, 6.45) is 1.07. The van der Waals surface area contributed by atoms with Crippen LogP contribution in [0.4, 0.5) is 5.69 Å². The summed E-state index contributed by atoms with van der Waals surface area (Å²) in [6, 6.07) is 5.52. The second kappa shape index (κ2) is 11.2. The highest BCUT2D eigenvalue weighted by molar-refractivity contribution is 5.94. The molecule has 146 valence electrons. The zero-order chi connectivity index (χ0) is 20.2. The highest BCUT2D eigenvalue weighted by Crippen LogP contribution is 2.09. The van der Waals surface area contributed by atoms with Crippen molar-refractivity contribution in [3.8, 4) is 0 Å². The Balaban J connectivity index is 2.41. The van der Waals surface area contributed by atoms with Gasteiger partial charge in [-0.2, -0.15) is 5.10 Å². The van der Waals surface area contributed by atoms with Crippen LogP contribution in [0.3, 0.4) is 0 Å². The van der Waals surface area contributed by atoms with E-state index in [0.717, 1.165) is 5.56 Å².